The summed E-state index contributed by atoms with van der Waals surface area (Å²) < 4.78 is 21.6. The van der Waals surface area contributed by atoms with E-state index in [-0.39, 0.29) is 18.2 Å². The number of fused-ring (bicyclic) bond motifs is 1. The Kier molecular flexibility index (Phi) is 7.21. The van der Waals surface area contributed by atoms with E-state index in [0.29, 0.717) is 32.8 Å². The number of hydrogen-bond donors (Lipinski definition) is 1. The van der Waals surface area contributed by atoms with E-state index in [1.54, 1.807) is 48.5 Å². The summed E-state index contributed by atoms with van der Waals surface area (Å²) >= 11 is 3.15. The molecule has 11 nitrogen and oxygen atoms in total. The molecule has 0 radical (unpaired) electrons. The highest BCUT2D eigenvalue weighted by Crippen LogP contribution is 2.33. The van der Waals surface area contributed by atoms with E-state index in [2.05, 4.69) is 26.5 Å². The molecule has 0 aliphatic carbocycles. The first-order valence-electron chi connectivity index (χ1n) is 9.99. The zero-order valence-corrected chi connectivity index (χ0v) is 19.4. The molecular weight excluding hydrogens is 526 g/mol. The van der Waals surface area contributed by atoms with Crippen molar-refractivity contribution in [2.24, 2.45) is 5.10 Å². The summed E-state index contributed by atoms with van der Waals surface area (Å²) in [6, 6.07) is 15.4. The first kappa shape index (κ1) is 23.7. The molecule has 0 bridgehead atoms. The van der Waals surface area contributed by atoms with Crippen LogP contribution in [0.5, 0.6) is 23.0 Å². The van der Waals surface area contributed by atoms with Gasteiger partial charge in [0.15, 0.2) is 23.9 Å². The minimum Gasteiger partial charge on any atom is -0.477 e. The number of carbonyl (C=O) groups excluding carboxylic acids is 2. The first-order chi connectivity index (χ1) is 16.9. The largest absolute Gasteiger partial charge is 0.477 e. The van der Waals surface area contributed by atoms with E-state index in [1.807, 2.05) is 0 Å². The zero-order chi connectivity index (χ0) is 24.8. The van der Waals surface area contributed by atoms with E-state index < -0.39 is 23.4 Å². The van der Waals surface area contributed by atoms with Crippen molar-refractivity contribution in [2.45, 2.75) is 0 Å². The Labute approximate surface area is 206 Å². The van der Waals surface area contributed by atoms with Crippen LogP contribution in [0.1, 0.15) is 15.9 Å². The number of amides is 1. The maximum absolute atomic E-state index is 12.3. The van der Waals surface area contributed by atoms with Gasteiger partial charge in [-0.2, -0.15) is 5.10 Å². The van der Waals surface area contributed by atoms with Crippen molar-refractivity contribution in [2.75, 3.05) is 13.4 Å². The van der Waals surface area contributed by atoms with Gasteiger partial charge in [0.2, 0.25) is 6.79 Å². The SMILES string of the molecule is O=C(COc1ccc(Br)cc1[N+](=O)[O-])N/N=C/c1ccc(OC(=O)c2ccc3c(c2)OCO3)cc1. The van der Waals surface area contributed by atoms with Gasteiger partial charge in [-0.1, -0.05) is 15.9 Å². The monoisotopic (exact) mass is 541 g/mol. The van der Waals surface area contributed by atoms with Crippen LogP contribution >= 0.6 is 15.9 Å². The third-order valence-electron chi connectivity index (χ3n) is 4.58. The number of nitrogens with zero attached hydrogens (tertiary/aromatic N) is 2. The Hall–Kier alpha value is -4.45. The molecular formula is C23H16BrN3O8. The van der Waals surface area contributed by atoms with Gasteiger partial charge in [-0.05, 0) is 60.2 Å². The van der Waals surface area contributed by atoms with Crippen molar-refractivity contribution in [3.05, 3.63) is 86.4 Å². The highest BCUT2D eigenvalue weighted by Gasteiger charge is 2.18. The fourth-order valence-corrected chi connectivity index (χ4v) is 3.27. The van der Waals surface area contributed by atoms with Crippen LogP contribution in [0, 0.1) is 10.1 Å². The second kappa shape index (κ2) is 10.7. The third kappa shape index (κ3) is 6.12. The van der Waals surface area contributed by atoms with Crippen molar-refractivity contribution >= 4 is 39.7 Å². The van der Waals surface area contributed by atoms with Gasteiger partial charge in [0.05, 0.1) is 16.7 Å². The maximum Gasteiger partial charge on any atom is 0.343 e. The molecule has 1 aliphatic rings. The molecule has 0 atom stereocenters. The average molecular weight is 542 g/mol. The van der Waals surface area contributed by atoms with Crippen LogP contribution in [0.2, 0.25) is 0 Å². The van der Waals surface area contributed by atoms with Gasteiger partial charge in [-0.3, -0.25) is 14.9 Å². The van der Waals surface area contributed by atoms with Crippen molar-refractivity contribution < 1.29 is 33.5 Å². The number of benzene rings is 3. The van der Waals surface area contributed by atoms with Gasteiger partial charge >= 0.3 is 11.7 Å². The minimum absolute atomic E-state index is 0.0387. The smallest absolute Gasteiger partial charge is 0.343 e. The number of nitro benzene ring substituents is 1. The van der Waals surface area contributed by atoms with Gasteiger partial charge < -0.3 is 18.9 Å². The molecule has 0 aromatic heterocycles. The Morgan fingerprint density at radius 3 is 2.63 bits per heavy atom. The Bertz CT molecular complexity index is 1310. The van der Waals surface area contributed by atoms with Crippen molar-refractivity contribution in [3.8, 4) is 23.0 Å². The van der Waals surface area contributed by atoms with E-state index in [9.17, 15) is 19.7 Å². The highest BCUT2D eigenvalue weighted by molar-refractivity contribution is 9.10. The molecule has 1 amide bonds. The van der Waals surface area contributed by atoms with Gasteiger partial charge in [-0.25, -0.2) is 10.2 Å². The number of nitro groups is 1. The van der Waals surface area contributed by atoms with Crippen LogP contribution in [0.15, 0.2) is 70.2 Å². The van der Waals surface area contributed by atoms with Crippen LogP contribution in [0.25, 0.3) is 0 Å². The molecule has 178 valence electrons. The number of rotatable bonds is 8. The van der Waals surface area contributed by atoms with E-state index >= 15 is 0 Å². The number of ether oxygens (including phenoxy) is 4. The molecule has 1 heterocycles. The Morgan fingerprint density at radius 2 is 1.86 bits per heavy atom. The molecule has 1 N–H and O–H groups in total. The number of esters is 1. The summed E-state index contributed by atoms with van der Waals surface area (Å²) in [6.45, 7) is -0.355. The lowest BCUT2D eigenvalue weighted by Crippen LogP contribution is -2.24. The van der Waals surface area contributed by atoms with E-state index in [0.717, 1.165) is 0 Å². The molecule has 4 rings (SSSR count). The van der Waals surface area contributed by atoms with Crippen LogP contribution in [0.4, 0.5) is 5.69 Å². The number of hydrogen-bond acceptors (Lipinski definition) is 9. The predicted molar refractivity (Wildman–Crippen MR) is 126 cm³/mol. The first-order valence-corrected chi connectivity index (χ1v) is 10.8. The maximum atomic E-state index is 12.3. The molecule has 0 saturated heterocycles. The highest BCUT2D eigenvalue weighted by atomic mass is 79.9. The molecule has 3 aromatic rings. The predicted octanol–water partition coefficient (Wildman–Crippen LogP) is 3.83. The number of carbonyl (C=O) groups is 2. The molecule has 0 spiro atoms. The third-order valence-corrected chi connectivity index (χ3v) is 5.07. The zero-order valence-electron chi connectivity index (χ0n) is 17.8. The van der Waals surface area contributed by atoms with Crippen LogP contribution in [0.3, 0.4) is 0 Å². The van der Waals surface area contributed by atoms with Gasteiger partial charge in [0, 0.05) is 10.5 Å². The lowest BCUT2D eigenvalue weighted by molar-refractivity contribution is -0.385. The number of hydrazone groups is 1. The standard InChI is InChI=1S/C23H16BrN3O8/c24-16-4-8-19(18(10-16)27(30)31)32-12-22(28)26-25-11-14-1-5-17(6-2-14)35-23(29)15-3-7-20-21(9-15)34-13-33-20/h1-11H,12-13H2,(H,26,28)/b25-11+. The summed E-state index contributed by atoms with van der Waals surface area (Å²) in [5, 5.41) is 14.9. The summed E-state index contributed by atoms with van der Waals surface area (Å²) in [5.41, 5.74) is 2.94. The molecule has 35 heavy (non-hydrogen) atoms. The molecule has 0 unspecified atom stereocenters. The van der Waals surface area contributed by atoms with Gasteiger partial charge in [0.1, 0.15) is 5.75 Å². The minimum atomic E-state index is -0.605. The van der Waals surface area contributed by atoms with Crippen LogP contribution < -0.4 is 24.4 Å². The molecule has 12 heteroatoms. The number of nitrogens with one attached hydrogen (secondary N) is 1. The fraction of sp³-hybridized carbons (Fsp3) is 0.0870. The summed E-state index contributed by atoms with van der Waals surface area (Å²) in [4.78, 5) is 34.8. The van der Waals surface area contributed by atoms with Gasteiger partial charge in [-0.15, -0.1) is 0 Å². The normalized spacial score (nSPS) is 11.8. The summed E-state index contributed by atoms with van der Waals surface area (Å²) in [6.07, 6.45) is 1.38. The fourth-order valence-electron chi connectivity index (χ4n) is 2.92. The second-order valence-corrected chi connectivity index (χ2v) is 7.89. The molecule has 0 saturated carbocycles. The molecule has 3 aromatic carbocycles. The van der Waals surface area contributed by atoms with E-state index in [1.165, 1.54) is 18.3 Å². The Balaban J connectivity index is 1.27. The van der Waals surface area contributed by atoms with E-state index in [4.69, 9.17) is 18.9 Å². The Morgan fingerprint density at radius 1 is 1.09 bits per heavy atom. The molecule has 0 fully saturated rings. The van der Waals surface area contributed by atoms with Crippen molar-refractivity contribution in [1.29, 1.82) is 0 Å². The summed E-state index contributed by atoms with van der Waals surface area (Å²) in [7, 11) is 0. The summed E-state index contributed by atoms with van der Waals surface area (Å²) in [5.74, 6) is 0.171. The molecule has 1 aliphatic heterocycles. The van der Waals surface area contributed by atoms with Crippen molar-refractivity contribution in [1.82, 2.24) is 5.43 Å². The lowest BCUT2D eigenvalue weighted by atomic mass is 10.2. The number of halogens is 1. The lowest BCUT2D eigenvalue weighted by Gasteiger charge is -2.06. The average Bonchev–Trinajstić information content (AvgIpc) is 3.32. The van der Waals surface area contributed by atoms with Gasteiger partial charge in [0.25, 0.3) is 5.91 Å². The van der Waals surface area contributed by atoms with Crippen molar-refractivity contribution in [3.63, 3.8) is 0 Å². The van der Waals surface area contributed by atoms with Crippen LogP contribution in [-0.2, 0) is 4.79 Å². The quantitative estimate of drug-likeness (QED) is 0.149. The second-order valence-electron chi connectivity index (χ2n) is 6.98. The topological polar surface area (TPSA) is 139 Å². The van der Waals surface area contributed by atoms with Crippen LogP contribution in [-0.4, -0.2) is 36.4 Å².